The molecule has 0 aliphatic heterocycles. The molecule has 4 amide bonds. The third-order valence-corrected chi connectivity index (χ3v) is 6.87. The van der Waals surface area contributed by atoms with Gasteiger partial charge in [-0.2, -0.15) is 0 Å². The molecule has 31 heavy (non-hydrogen) atoms. The summed E-state index contributed by atoms with van der Waals surface area (Å²) in [6.07, 6.45) is 6.99. The van der Waals surface area contributed by atoms with Crippen LogP contribution < -0.4 is 20.7 Å². The summed E-state index contributed by atoms with van der Waals surface area (Å²) >= 11 is 0. The van der Waals surface area contributed by atoms with Crippen molar-refractivity contribution in [3.63, 3.8) is 0 Å². The number of nitrogens with one attached hydrogen (secondary N) is 3. The summed E-state index contributed by atoms with van der Waals surface area (Å²) < 4.78 is 5.09. The van der Waals surface area contributed by atoms with Crippen molar-refractivity contribution in [2.45, 2.75) is 44.1 Å². The van der Waals surface area contributed by atoms with Crippen molar-refractivity contribution in [2.24, 2.45) is 17.8 Å². The number of hydrogen-bond acceptors (Lipinski definition) is 5. The van der Waals surface area contributed by atoms with Gasteiger partial charge in [0, 0.05) is 11.2 Å². The number of anilines is 1. The topological polar surface area (TPSA) is 99.8 Å². The van der Waals surface area contributed by atoms with Crippen LogP contribution in [-0.4, -0.2) is 55.5 Å². The SMILES string of the molecule is COc1ccc(NC(=O)CN(C)CC(=O)NC(=O)NC23CC4CC(CC(C4)C2)C3)cc1. The zero-order valence-electron chi connectivity index (χ0n) is 18.3. The van der Waals surface area contributed by atoms with Gasteiger partial charge in [-0.05, 0) is 87.6 Å². The minimum Gasteiger partial charge on any atom is -0.497 e. The van der Waals surface area contributed by atoms with Crippen LogP contribution in [0.1, 0.15) is 38.5 Å². The van der Waals surface area contributed by atoms with Crippen LogP contribution in [0.25, 0.3) is 0 Å². The fourth-order valence-corrected chi connectivity index (χ4v) is 6.12. The van der Waals surface area contributed by atoms with E-state index in [0.717, 1.165) is 37.0 Å². The summed E-state index contributed by atoms with van der Waals surface area (Å²) in [6, 6.07) is 6.60. The molecule has 0 radical (unpaired) electrons. The number of imide groups is 1. The van der Waals surface area contributed by atoms with E-state index in [1.807, 2.05) is 0 Å². The van der Waals surface area contributed by atoms with E-state index in [9.17, 15) is 14.4 Å². The average molecular weight is 429 g/mol. The molecule has 0 unspecified atom stereocenters. The quantitative estimate of drug-likeness (QED) is 0.619. The Bertz CT molecular complexity index is 803. The van der Waals surface area contributed by atoms with Crippen molar-refractivity contribution >= 4 is 23.5 Å². The maximum atomic E-state index is 12.5. The van der Waals surface area contributed by atoms with E-state index in [2.05, 4.69) is 16.0 Å². The first kappa shape index (κ1) is 21.6. The zero-order valence-corrected chi connectivity index (χ0v) is 18.3. The van der Waals surface area contributed by atoms with Crippen molar-refractivity contribution in [3.8, 4) is 5.75 Å². The van der Waals surface area contributed by atoms with Crippen LogP contribution in [0.5, 0.6) is 5.75 Å². The molecule has 8 heteroatoms. The number of nitrogens with zero attached hydrogens (tertiary/aromatic N) is 1. The number of carbonyl (C=O) groups is 3. The molecule has 0 heterocycles. The van der Waals surface area contributed by atoms with E-state index in [1.54, 1.807) is 43.3 Å². The molecule has 1 aromatic carbocycles. The van der Waals surface area contributed by atoms with Crippen LogP contribution in [-0.2, 0) is 9.59 Å². The Balaban J connectivity index is 1.20. The number of benzene rings is 1. The number of carbonyl (C=O) groups excluding carboxylic acids is 3. The van der Waals surface area contributed by atoms with Crippen molar-refractivity contribution in [3.05, 3.63) is 24.3 Å². The van der Waals surface area contributed by atoms with Gasteiger partial charge >= 0.3 is 6.03 Å². The largest absolute Gasteiger partial charge is 0.497 e. The smallest absolute Gasteiger partial charge is 0.321 e. The lowest BCUT2D eigenvalue weighted by molar-refractivity contribution is -0.122. The molecule has 0 saturated heterocycles. The maximum absolute atomic E-state index is 12.5. The molecule has 168 valence electrons. The van der Waals surface area contributed by atoms with Gasteiger partial charge in [0.1, 0.15) is 5.75 Å². The summed E-state index contributed by atoms with van der Waals surface area (Å²) in [4.78, 5) is 38.6. The van der Waals surface area contributed by atoms with Crippen LogP contribution in [0.2, 0.25) is 0 Å². The molecule has 0 aromatic heterocycles. The first-order chi connectivity index (χ1) is 14.8. The monoisotopic (exact) mass is 428 g/mol. The third kappa shape index (κ3) is 5.36. The van der Waals surface area contributed by atoms with Gasteiger partial charge < -0.3 is 15.4 Å². The Morgan fingerprint density at radius 2 is 1.52 bits per heavy atom. The molecule has 4 fully saturated rings. The summed E-state index contributed by atoms with van der Waals surface area (Å²) in [5.41, 5.74) is 0.516. The summed E-state index contributed by atoms with van der Waals surface area (Å²) in [5, 5.41) is 8.35. The summed E-state index contributed by atoms with van der Waals surface area (Å²) in [7, 11) is 3.25. The molecule has 0 spiro atoms. The van der Waals surface area contributed by atoms with Crippen molar-refractivity contribution < 1.29 is 19.1 Å². The molecule has 0 atom stereocenters. The van der Waals surface area contributed by atoms with E-state index in [0.29, 0.717) is 11.4 Å². The van der Waals surface area contributed by atoms with E-state index >= 15 is 0 Å². The van der Waals surface area contributed by atoms with E-state index in [4.69, 9.17) is 4.74 Å². The predicted molar refractivity (Wildman–Crippen MR) is 117 cm³/mol. The van der Waals surface area contributed by atoms with Gasteiger partial charge in [-0.25, -0.2) is 4.79 Å². The number of likely N-dealkylation sites (N-methyl/N-ethyl adjacent to an activating group) is 1. The predicted octanol–water partition coefficient (Wildman–Crippen LogP) is 2.36. The molecule has 4 saturated carbocycles. The highest BCUT2D eigenvalue weighted by molar-refractivity contribution is 5.96. The minimum atomic E-state index is -0.415. The minimum absolute atomic E-state index is 0.0374. The number of urea groups is 1. The molecule has 4 aliphatic rings. The van der Waals surface area contributed by atoms with Crippen LogP contribution in [0.15, 0.2) is 24.3 Å². The fraction of sp³-hybridized carbons (Fsp3) is 0.609. The van der Waals surface area contributed by atoms with E-state index < -0.39 is 11.9 Å². The molecule has 3 N–H and O–H groups in total. The fourth-order valence-electron chi connectivity index (χ4n) is 6.12. The second kappa shape index (κ2) is 8.86. The van der Waals surface area contributed by atoms with Crippen LogP contribution in [0.4, 0.5) is 10.5 Å². The number of ether oxygens (including phenoxy) is 1. The highest BCUT2D eigenvalue weighted by Crippen LogP contribution is 2.55. The lowest BCUT2D eigenvalue weighted by atomic mass is 9.53. The van der Waals surface area contributed by atoms with Crippen LogP contribution >= 0.6 is 0 Å². The van der Waals surface area contributed by atoms with Gasteiger partial charge in [-0.1, -0.05) is 0 Å². The second-order valence-electron chi connectivity index (χ2n) is 9.65. The average Bonchev–Trinajstić information content (AvgIpc) is 2.66. The van der Waals surface area contributed by atoms with Crippen molar-refractivity contribution in [2.75, 3.05) is 32.6 Å². The lowest BCUT2D eigenvalue weighted by Gasteiger charge is -2.56. The maximum Gasteiger partial charge on any atom is 0.321 e. The highest BCUT2D eigenvalue weighted by atomic mass is 16.5. The number of amides is 4. The molecule has 1 aromatic rings. The molecule has 5 rings (SSSR count). The van der Waals surface area contributed by atoms with Gasteiger partial charge in [-0.15, -0.1) is 0 Å². The first-order valence-electron chi connectivity index (χ1n) is 11.1. The molecule has 4 bridgehead atoms. The van der Waals surface area contributed by atoms with Crippen LogP contribution in [0.3, 0.4) is 0 Å². The van der Waals surface area contributed by atoms with E-state index in [-0.39, 0.29) is 24.5 Å². The van der Waals surface area contributed by atoms with Crippen LogP contribution in [0, 0.1) is 17.8 Å². The van der Waals surface area contributed by atoms with Crippen molar-refractivity contribution in [1.29, 1.82) is 0 Å². The van der Waals surface area contributed by atoms with Gasteiger partial charge in [0.15, 0.2) is 0 Å². The molecule has 8 nitrogen and oxygen atoms in total. The third-order valence-electron chi connectivity index (χ3n) is 6.87. The second-order valence-corrected chi connectivity index (χ2v) is 9.65. The Kier molecular flexibility index (Phi) is 6.18. The lowest BCUT2D eigenvalue weighted by Crippen LogP contribution is -2.62. The Morgan fingerprint density at radius 1 is 0.968 bits per heavy atom. The normalized spacial score (nSPS) is 28.3. The summed E-state index contributed by atoms with van der Waals surface area (Å²) in [5.74, 6) is 2.21. The van der Waals surface area contributed by atoms with E-state index in [1.165, 1.54) is 19.3 Å². The number of methoxy groups -OCH3 is 1. The van der Waals surface area contributed by atoms with Gasteiger partial charge in [-0.3, -0.25) is 19.8 Å². The molecular formula is C23H32N4O4. The van der Waals surface area contributed by atoms with Gasteiger partial charge in [0.05, 0.1) is 20.2 Å². The Labute approximate surface area is 183 Å². The highest BCUT2D eigenvalue weighted by Gasteiger charge is 2.51. The standard InChI is InChI=1S/C23H32N4O4/c1-27(13-20(28)24-18-3-5-19(31-2)6-4-18)14-21(29)25-22(30)26-23-10-15-7-16(11-23)9-17(8-15)12-23/h3-6,15-17H,7-14H2,1-2H3,(H,24,28)(H2,25,26,29,30). The number of rotatable bonds is 7. The first-order valence-corrected chi connectivity index (χ1v) is 11.1. The molecule has 4 aliphatic carbocycles. The number of hydrogen-bond donors (Lipinski definition) is 3. The van der Waals surface area contributed by atoms with Gasteiger partial charge in [0.2, 0.25) is 11.8 Å². The van der Waals surface area contributed by atoms with Gasteiger partial charge in [0.25, 0.3) is 0 Å². The summed E-state index contributed by atoms with van der Waals surface area (Å²) in [6.45, 7) is 0.000370. The Hall–Kier alpha value is -2.61. The zero-order chi connectivity index (χ0) is 22.0. The Morgan fingerprint density at radius 3 is 2.06 bits per heavy atom. The van der Waals surface area contributed by atoms with Crippen molar-refractivity contribution in [1.82, 2.24) is 15.5 Å². The molecular weight excluding hydrogens is 396 g/mol.